The highest BCUT2D eigenvalue weighted by molar-refractivity contribution is 7.89. The van der Waals surface area contributed by atoms with Crippen molar-refractivity contribution in [3.8, 4) is 0 Å². The number of hydrogen-bond acceptors (Lipinski definition) is 4. The van der Waals surface area contributed by atoms with Crippen LogP contribution < -0.4 is 5.32 Å². The number of likely N-dealkylation sites (N-methyl/N-ethyl adjacent to an activating group) is 1. The van der Waals surface area contributed by atoms with Gasteiger partial charge in [-0.05, 0) is 82.9 Å². The number of sulfonamides is 1. The van der Waals surface area contributed by atoms with Gasteiger partial charge in [0.25, 0.3) is 5.91 Å². The Morgan fingerprint density at radius 3 is 2.11 bits per heavy atom. The van der Waals surface area contributed by atoms with Crippen LogP contribution in [0.2, 0.25) is 0 Å². The van der Waals surface area contributed by atoms with E-state index in [-0.39, 0.29) is 22.8 Å². The van der Waals surface area contributed by atoms with Gasteiger partial charge in [0.15, 0.2) is 0 Å². The molecular formula is C28H37N3O4S. The summed E-state index contributed by atoms with van der Waals surface area (Å²) in [5, 5.41) is 2.92. The van der Waals surface area contributed by atoms with Crippen molar-refractivity contribution in [3.05, 3.63) is 78.4 Å². The number of rotatable bonds is 8. The fraction of sp³-hybridized carbons (Fsp3) is 0.429. The van der Waals surface area contributed by atoms with Crippen LogP contribution in [0.1, 0.15) is 56.5 Å². The Morgan fingerprint density at radius 2 is 1.58 bits per heavy atom. The Kier molecular flexibility index (Phi) is 8.10. The van der Waals surface area contributed by atoms with E-state index < -0.39 is 21.1 Å². The topological polar surface area (TPSA) is 86.8 Å². The number of nitrogens with one attached hydrogen (secondary N) is 1. The Bertz CT molecular complexity index is 1190. The van der Waals surface area contributed by atoms with Crippen LogP contribution in [0, 0.1) is 0 Å². The maximum absolute atomic E-state index is 13.8. The summed E-state index contributed by atoms with van der Waals surface area (Å²) in [5.74, 6) is -0.425. The third-order valence-corrected chi connectivity index (χ3v) is 9.03. The predicted octanol–water partition coefficient (Wildman–Crippen LogP) is 4.01. The summed E-state index contributed by atoms with van der Waals surface area (Å²) < 4.78 is 29.2. The average molecular weight is 512 g/mol. The number of piperidine rings is 1. The summed E-state index contributed by atoms with van der Waals surface area (Å²) in [7, 11) is -2.12. The minimum Gasteiger partial charge on any atom is -0.350 e. The normalized spacial score (nSPS) is 17.8. The Morgan fingerprint density at radius 1 is 1.03 bits per heavy atom. The molecule has 1 aliphatic rings. The molecule has 2 amide bonds. The van der Waals surface area contributed by atoms with E-state index in [2.05, 4.69) is 11.9 Å². The lowest BCUT2D eigenvalue weighted by Gasteiger charge is -2.53. The standard InChI is InChI=1S/C28H37N3O4S/c1-7-25(32)29-23-19-27(2,3)31(28(4,5)20-23)36(34,35)24-15-13-22(14-16-24)26(33)30(6)18-17-21-11-9-8-10-12-21/h7-16,23H,1,17-20H2,2-6H3,(H,29,32). The molecule has 0 aromatic heterocycles. The van der Waals surface area contributed by atoms with Crippen molar-refractivity contribution in [3.63, 3.8) is 0 Å². The third-order valence-electron chi connectivity index (χ3n) is 6.69. The highest BCUT2D eigenvalue weighted by atomic mass is 32.2. The molecule has 2 aromatic carbocycles. The van der Waals surface area contributed by atoms with Gasteiger partial charge in [0.2, 0.25) is 15.9 Å². The lowest BCUT2D eigenvalue weighted by Crippen LogP contribution is -2.65. The van der Waals surface area contributed by atoms with Gasteiger partial charge in [-0.1, -0.05) is 36.9 Å². The maximum atomic E-state index is 13.8. The lowest BCUT2D eigenvalue weighted by molar-refractivity contribution is -0.118. The van der Waals surface area contributed by atoms with Gasteiger partial charge in [-0.25, -0.2) is 8.42 Å². The molecule has 1 N–H and O–H groups in total. The fourth-order valence-electron chi connectivity index (χ4n) is 5.41. The third kappa shape index (κ3) is 6.05. The number of nitrogens with zero attached hydrogens (tertiary/aromatic N) is 2. The molecule has 0 saturated carbocycles. The molecule has 0 bridgehead atoms. The van der Waals surface area contributed by atoms with Gasteiger partial charge in [-0.3, -0.25) is 9.59 Å². The zero-order valence-electron chi connectivity index (χ0n) is 21.8. The number of hydrogen-bond donors (Lipinski definition) is 1. The number of benzene rings is 2. The second kappa shape index (κ2) is 10.6. The van der Waals surface area contributed by atoms with Crippen molar-refractivity contribution in [2.24, 2.45) is 0 Å². The second-order valence-corrected chi connectivity index (χ2v) is 12.5. The Labute approximate surface area is 215 Å². The van der Waals surface area contributed by atoms with Crippen molar-refractivity contribution >= 4 is 21.8 Å². The van der Waals surface area contributed by atoms with Gasteiger partial charge in [0.1, 0.15) is 0 Å². The second-order valence-electron chi connectivity index (χ2n) is 10.7. The van der Waals surface area contributed by atoms with Gasteiger partial charge in [-0.2, -0.15) is 4.31 Å². The maximum Gasteiger partial charge on any atom is 0.253 e. The van der Waals surface area contributed by atoms with E-state index in [9.17, 15) is 18.0 Å². The summed E-state index contributed by atoms with van der Waals surface area (Å²) in [6.07, 6.45) is 2.91. The van der Waals surface area contributed by atoms with Crippen molar-refractivity contribution in [1.29, 1.82) is 0 Å². The van der Waals surface area contributed by atoms with Crippen LogP contribution in [0.5, 0.6) is 0 Å². The molecule has 8 heteroatoms. The van der Waals surface area contributed by atoms with Crippen molar-refractivity contribution in [2.45, 2.75) is 69.0 Å². The molecule has 3 rings (SSSR count). The largest absolute Gasteiger partial charge is 0.350 e. The summed E-state index contributed by atoms with van der Waals surface area (Å²) >= 11 is 0. The molecule has 36 heavy (non-hydrogen) atoms. The van der Waals surface area contributed by atoms with Crippen LogP contribution >= 0.6 is 0 Å². The molecule has 2 aromatic rings. The smallest absolute Gasteiger partial charge is 0.253 e. The number of carbonyl (C=O) groups excluding carboxylic acids is 2. The first-order valence-electron chi connectivity index (χ1n) is 12.2. The fourth-order valence-corrected chi connectivity index (χ4v) is 7.56. The molecule has 194 valence electrons. The zero-order chi connectivity index (χ0) is 26.7. The van der Waals surface area contributed by atoms with Crippen molar-refractivity contribution < 1.29 is 18.0 Å². The highest BCUT2D eigenvalue weighted by Crippen LogP contribution is 2.42. The molecule has 0 spiro atoms. The molecule has 0 unspecified atom stereocenters. The summed E-state index contributed by atoms with van der Waals surface area (Å²) in [4.78, 5) is 26.5. The number of amides is 2. The van der Waals surface area contributed by atoms with Crippen LogP contribution in [-0.4, -0.2) is 60.1 Å². The average Bonchev–Trinajstić information content (AvgIpc) is 2.80. The lowest BCUT2D eigenvalue weighted by atomic mass is 9.79. The zero-order valence-corrected chi connectivity index (χ0v) is 22.6. The monoisotopic (exact) mass is 511 g/mol. The highest BCUT2D eigenvalue weighted by Gasteiger charge is 2.51. The predicted molar refractivity (Wildman–Crippen MR) is 142 cm³/mol. The first-order chi connectivity index (χ1) is 16.8. The van der Waals surface area contributed by atoms with Crippen molar-refractivity contribution in [2.75, 3.05) is 13.6 Å². The van der Waals surface area contributed by atoms with Crippen LogP contribution in [0.3, 0.4) is 0 Å². The summed E-state index contributed by atoms with van der Waals surface area (Å²) in [6, 6.07) is 15.9. The first-order valence-corrected chi connectivity index (χ1v) is 13.6. The molecule has 0 radical (unpaired) electrons. The Balaban J connectivity index is 1.77. The van der Waals surface area contributed by atoms with E-state index >= 15 is 0 Å². The van der Waals surface area contributed by atoms with E-state index in [0.717, 1.165) is 12.0 Å². The van der Waals surface area contributed by atoms with E-state index in [0.29, 0.717) is 24.9 Å². The van der Waals surface area contributed by atoms with E-state index in [4.69, 9.17) is 0 Å². The van der Waals surface area contributed by atoms with Crippen LogP contribution in [-0.2, 0) is 21.2 Å². The Hall–Kier alpha value is -2.97. The van der Waals surface area contributed by atoms with Gasteiger partial charge >= 0.3 is 0 Å². The minimum absolute atomic E-state index is 0.140. The van der Waals surface area contributed by atoms with Gasteiger partial charge in [0.05, 0.1) is 4.90 Å². The number of carbonyl (C=O) groups is 2. The SMILES string of the molecule is C=CC(=O)NC1CC(C)(C)N(S(=O)(=O)c2ccc(C(=O)N(C)CCc3ccccc3)cc2)C(C)(C)C1. The van der Waals surface area contributed by atoms with E-state index in [1.165, 1.54) is 18.2 Å². The molecule has 7 nitrogen and oxygen atoms in total. The quantitative estimate of drug-likeness (QED) is 0.543. The van der Waals surface area contributed by atoms with Gasteiger partial charge < -0.3 is 10.2 Å². The van der Waals surface area contributed by atoms with Crippen LogP contribution in [0.15, 0.2) is 72.1 Å². The molecule has 0 atom stereocenters. The van der Waals surface area contributed by atoms with Gasteiger partial charge in [0, 0.05) is 36.3 Å². The minimum atomic E-state index is -3.87. The van der Waals surface area contributed by atoms with Gasteiger partial charge in [-0.15, -0.1) is 0 Å². The molecule has 1 heterocycles. The molecule has 1 fully saturated rings. The summed E-state index contributed by atoms with van der Waals surface area (Å²) in [5.41, 5.74) is 0.100. The first kappa shape index (κ1) is 27.6. The molecule has 1 aliphatic heterocycles. The molecule has 0 aliphatic carbocycles. The van der Waals surface area contributed by atoms with Crippen molar-refractivity contribution in [1.82, 2.24) is 14.5 Å². The molecular weight excluding hydrogens is 474 g/mol. The van der Waals surface area contributed by atoms with E-state index in [1.807, 2.05) is 58.0 Å². The van der Waals surface area contributed by atoms with E-state index in [1.54, 1.807) is 28.4 Å². The van der Waals surface area contributed by atoms with Crippen LogP contribution in [0.25, 0.3) is 0 Å². The molecule has 1 saturated heterocycles. The summed E-state index contributed by atoms with van der Waals surface area (Å²) in [6.45, 7) is 11.6. The van der Waals surface area contributed by atoms with Crippen LogP contribution in [0.4, 0.5) is 0 Å².